The summed E-state index contributed by atoms with van der Waals surface area (Å²) >= 11 is 0. The van der Waals surface area contributed by atoms with Crippen molar-refractivity contribution in [2.45, 2.75) is 17.9 Å². The second kappa shape index (κ2) is 6.00. The summed E-state index contributed by atoms with van der Waals surface area (Å²) in [6.07, 6.45) is -0.912. The van der Waals surface area contributed by atoms with Gasteiger partial charge in [-0.15, -0.1) is 0 Å². The molecule has 2 rings (SSSR count). The van der Waals surface area contributed by atoms with Crippen LogP contribution in [0.25, 0.3) is 0 Å². The third kappa shape index (κ3) is 3.17. The van der Waals surface area contributed by atoms with Crippen LogP contribution in [0.2, 0.25) is 0 Å². The van der Waals surface area contributed by atoms with Gasteiger partial charge in [-0.05, 0) is 24.6 Å². The van der Waals surface area contributed by atoms with Gasteiger partial charge in [-0.3, -0.25) is 0 Å². The van der Waals surface area contributed by atoms with Crippen LogP contribution in [0.15, 0.2) is 23.1 Å². The average molecular weight is 314 g/mol. The first-order chi connectivity index (χ1) is 9.86. The predicted molar refractivity (Wildman–Crippen MR) is 76.1 cm³/mol. The van der Waals surface area contributed by atoms with Crippen LogP contribution in [0.4, 0.5) is 5.69 Å². The number of morpholine rings is 1. The van der Waals surface area contributed by atoms with Crippen molar-refractivity contribution >= 4 is 21.7 Å². The molecule has 2 N–H and O–H groups in total. The number of rotatable bonds is 3. The van der Waals surface area contributed by atoms with Gasteiger partial charge in [-0.25, -0.2) is 13.2 Å². The zero-order chi connectivity index (χ0) is 15.6. The monoisotopic (exact) mass is 314 g/mol. The van der Waals surface area contributed by atoms with E-state index in [0.29, 0.717) is 0 Å². The highest BCUT2D eigenvalue weighted by molar-refractivity contribution is 7.89. The molecule has 0 bridgehead atoms. The summed E-state index contributed by atoms with van der Waals surface area (Å²) in [5.41, 5.74) is 6.87. The summed E-state index contributed by atoms with van der Waals surface area (Å²) < 4.78 is 36.2. The minimum absolute atomic E-state index is 0.0404. The number of ether oxygens (including phenoxy) is 2. The van der Waals surface area contributed by atoms with E-state index in [1.165, 1.54) is 17.5 Å². The summed E-state index contributed by atoms with van der Waals surface area (Å²) in [6.45, 7) is 2.05. The van der Waals surface area contributed by atoms with E-state index in [-0.39, 0.29) is 30.3 Å². The number of methoxy groups -OCH3 is 1. The van der Waals surface area contributed by atoms with E-state index in [2.05, 4.69) is 4.74 Å². The number of benzene rings is 1. The summed E-state index contributed by atoms with van der Waals surface area (Å²) in [7, 11) is -2.53. The van der Waals surface area contributed by atoms with Gasteiger partial charge >= 0.3 is 5.97 Å². The molecule has 1 atom stereocenters. The Morgan fingerprint density at radius 2 is 2.19 bits per heavy atom. The number of anilines is 1. The topological polar surface area (TPSA) is 98.9 Å². The largest absolute Gasteiger partial charge is 0.467 e. The predicted octanol–water partition coefficient (Wildman–Crippen LogP) is 0.140. The van der Waals surface area contributed by atoms with E-state index in [1.54, 1.807) is 12.1 Å². The van der Waals surface area contributed by atoms with Crippen molar-refractivity contribution in [3.8, 4) is 0 Å². The van der Waals surface area contributed by atoms with Crippen LogP contribution in [0.3, 0.4) is 0 Å². The van der Waals surface area contributed by atoms with E-state index >= 15 is 0 Å². The Kier molecular flexibility index (Phi) is 4.50. The third-order valence-electron chi connectivity index (χ3n) is 3.28. The molecule has 0 spiro atoms. The highest BCUT2D eigenvalue weighted by atomic mass is 32.2. The molecule has 1 heterocycles. The molecule has 1 aromatic rings. The van der Waals surface area contributed by atoms with Crippen LogP contribution in [0, 0.1) is 6.92 Å². The molecular formula is C13H18N2O5S. The molecule has 1 aliphatic rings. The van der Waals surface area contributed by atoms with Crippen LogP contribution in [-0.2, 0) is 24.3 Å². The second-order valence-electron chi connectivity index (χ2n) is 4.79. The van der Waals surface area contributed by atoms with Gasteiger partial charge in [0.25, 0.3) is 0 Å². The van der Waals surface area contributed by atoms with Gasteiger partial charge < -0.3 is 15.2 Å². The maximum Gasteiger partial charge on any atom is 0.336 e. The van der Waals surface area contributed by atoms with Gasteiger partial charge in [-0.2, -0.15) is 4.31 Å². The summed E-state index contributed by atoms with van der Waals surface area (Å²) in [6, 6.07) is 4.76. The molecule has 0 amide bonds. The molecule has 0 radical (unpaired) electrons. The van der Waals surface area contributed by atoms with Gasteiger partial charge in [-0.1, -0.05) is 6.07 Å². The van der Waals surface area contributed by atoms with Crippen molar-refractivity contribution in [2.75, 3.05) is 32.5 Å². The summed E-state index contributed by atoms with van der Waals surface area (Å²) in [4.78, 5) is 11.5. The lowest BCUT2D eigenvalue weighted by molar-refractivity contribution is -0.157. The summed E-state index contributed by atoms with van der Waals surface area (Å²) in [5, 5.41) is 0. The first-order valence-corrected chi connectivity index (χ1v) is 7.86. The van der Waals surface area contributed by atoms with E-state index in [0.717, 1.165) is 5.56 Å². The molecular weight excluding hydrogens is 296 g/mol. The smallest absolute Gasteiger partial charge is 0.336 e. The standard InChI is InChI=1S/C13H18N2O5S/c1-9-3-4-12(10(14)7-9)21(17,18)15-5-6-20-11(8-15)13(16)19-2/h3-4,7,11H,5-6,8,14H2,1-2H3. The molecule has 0 saturated carbocycles. The number of hydrogen-bond acceptors (Lipinski definition) is 6. The van der Waals surface area contributed by atoms with Crippen LogP contribution in [0.5, 0.6) is 0 Å². The molecule has 1 unspecified atom stereocenters. The number of hydrogen-bond donors (Lipinski definition) is 1. The average Bonchev–Trinajstić information content (AvgIpc) is 2.46. The number of esters is 1. The number of nitrogens with zero attached hydrogens (tertiary/aromatic N) is 1. The van der Waals surface area contributed by atoms with Crippen LogP contribution in [0.1, 0.15) is 5.56 Å². The number of carbonyl (C=O) groups excluding carboxylic acids is 1. The van der Waals surface area contributed by atoms with Crippen molar-refractivity contribution in [1.82, 2.24) is 4.31 Å². The van der Waals surface area contributed by atoms with E-state index in [4.69, 9.17) is 10.5 Å². The van der Waals surface area contributed by atoms with E-state index in [9.17, 15) is 13.2 Å². The number of nitrogens with two attached hydrogens (primary N) is 1. The number of sulfonamides is 1. The molecule has 0 aliphatic carbocycles. The highest BCUT2D eigenvalue weighted by Gasteiger charge is 2.35. The minimum atomic E-state index is -3.76. The number of carbonyl (C=O) groups is 1. The van der Waals surface area contributed by atoms with Crippen LogP contribution in [-0.4, -0.2) is 51.6 Å². The molecule has 0 aromatic heterocycles. The molecule has 8 heteroatoms. The fourth-order valence-electron chi connectivity index (χ4n) is 2.16. The lowest BCUT2D eigenvalue weighted by atomic mass is 10.2. The SMILES string of the molecule is COC(=O)C1CN(S(=O)(=O)c2ccc(C)cc2N)CCO1. The third-order valence-corrected chi connectivity index (χ3v) is 5.22. The van der Waals surface area contributed by atoms with Crippen molar-refractivity contribution in [3.63, 3.8) is 0 Å². The highest BCUT2D eigenvalue weighted by Crippen LogP contribution is 2.25. The Labute approximate surface area is 123 Å². The van der Waals surface area contributed by atoms with E-state index in [1.807, 2.05) is 6.92 Å². The lowest BCUT2D eigenvalue weighted by Crippen LogP contribution is -2.48. The van der Waals surface area contributed by atoms with Crippen molar-refractivity contribution in [3.05, 3.63) is 23.8 Å². The normalized spacial score (nSPS) is 20.2. The first kappa shape index (κ1) is 15.7. The van der Waals surface area contributed by atoms with E-state index < -0.39 is 22.1 Å². The number of aryl methyl sites for hydroxylation is 1. The molecule has 1 saturated heterocycles. The maximum atomic E-state index is 12.6. The maximum absolute atomic E-state index is 12.6. The van der Waals surface area contributed by atoms with Gasteiger partial charge in [0.15, 0.2) is 6.10 Å². The molecule has 7 nitrogen and oxygen atoms in total. The van der Waals surface area contributed by atoms with Crippen molar-refractivity contribution in [1.29, 1.82) is 0 Å². The van der Waals surface area contributed by atoms with Crippen molar-refractivity contribution < 1.29 is 22.7 Å². The Hall–Kier alpha value is -1.64. The number of nitrogen functional groups attached to an aromatic ring is 1. The Balaban J connectivity index is 2.28. The zero-order valence-electron chi connectivity index (χ0n) is 11.9. The summed E-state index contributed by atoms with van der Waals surface area (Å²) in [5.74, 6) is -0.591. The minimum Gasteiger partial charge on any atom is -0.467 e. The molecule has 21 heavy (non-hydrogen) atoms. The first-order valence-electron chi connectivity index (χ1n) is 6.42. The fraction of sp³-hybridized carbons (Fsp3) is 0.462. The van der Waals surface area contributed by atoms with Crippen LogP contribution < -0.4 is 5.73 Å². The molecule has 1 aliphatic heterocycles. The molecule has 116 valence electrons. The fourth-order valence-corrected chi connectivity index (χ4v) is 3.68. The van der Waals surface area contributed by atoms with Gasteiger partial charge in [0.05, 0.1) is 25.9 Å². The molecule has 1 fully saturated rings. The van der Waals surface area contributed by atoms with Gasteiger partial charge in [0, 0.05) is 6.54 Å². The van der Waals surface area contributed by atoms with Crippen LogP contribution >= 0.6 is 0 Å². The van der Waals surface area contributed by atoms with Gasteiger partial charge in [0.1, 0.15) is 4.90 Å². The second-order valence-corrected chi connectivity index (χ2v) is 6.69. The molecule has 1 aromatic carbocycles. The quantitative estimate of drug-likeness (QED) is 0.629. The Morgan fingerprint density at radius 3 is 2.81 bits per heavy atom. The van der Waals surface area contributed by atoms with Crippen molar-refractivity contribution in [2.24, 2.45) is 0 Å². The lowest BCUT2D eigenvalue weighted by Gasteiger charge is -2.30. The van der Waals surface area contributed by atoms with Gasteiger partial charge in [0.2, 0.25) is 10.0 Å². The Morgan fingerprint density at radius 1 is 1.48 bits per heavy atom. The zero-order valence-corrected chi connectivity index (χ0v) is 12.7. The Bertz CT molecular complexity index is 644.